The second kappa shape index (κ2) is 14.8. The summed E-state index contributed by atoms with van der Waals surface area (Å²) in [5.74, 6) is 0.494. The highest BCUT2D eigenvalue weighted by molar-refractivity contribution is 7.90. The Hall–Kier alpha value is -2.67. The van der Waals surface area contributed by atoms with Crippen molar-refractivity contribution >= 4 is 33.2 Å². The van der Waals surface area contributed by atoms with E-state index in [1.54, 1.807) is 13.0 Å². The van der Waals surface area contributed by atoms with E-state index in [1.807, 2.05) is 32.2 Å². The van der Waals surface area contributed by atoms with Crippen molar-refractivity contribution in [2.24, 2.45) is 17.8 Å². The summed E-state index contributed by atoms with van der Waals surface area (Å²) in [6, 6.07) is 12.2. The fourth-order valence-electron chi connectivity index (χ4n) is 10.0. The molecule has 8 rings (SSSR count). The topological polar surface area (TPSA) is 101 Å². The molecule has 53 heavy (non-hydrogen) atoms. The number of fused-ring (bicyclic) bond motifs is 4. The normalized spacial score (nSPS) is 34.4. The van der Waals surface area contributed by atoms with Gasteiger partial charge in [-0.2, -0.15) is 0 Å². The minimum Gasteiger partial charge on any atom is -0.490 e. The average molecular weight is 767 g/mol. The van der Waals surface area contributed by atoms with Crippen LogP contribution in [0.15, 0.2) is 48.6 Å². The smallest absolute Gasteiger partial charge is 0.264 e. The first-order valence-electron chi connectivity index (χ1n) is 19.6. The van der Waals surface area contributed by atoms with Crippen molar-refractivity contribution in [2.75, 3.05) is 77.6 Å². The van der Waals surface area contributed by atoms with Crippen LogP contribution in [0.1, 0.15) is 67.4 Å². The summed E-state index contributed by atoms with van der Waals surface area (Å²) in [7, 11) is -2.10. The molecule has 6 aliphatic rings. The number of hydrogen-bond acceptors (Lipinski definition) is 9. The van der Waals surface area contributed by atoms with Crippen LogP contribution in [0.2, 0.25) is 5.02 Å². The number of hydrogen-bond donors (Lipinski definition) is 1. The van der Waals surface area contributed by atoms with Gasteiger partial charge >= 0.3 is 0 Å². The van der Waals surface area contributed by atoms with Gasteiger partial charge in [0.25, 0.3) is 5.91 Å². The molecule has 2 bridgehead atoms. The number of nitrogens with zero attached hydrogens (tertiary/aromatic N) is 3. The van der Waals surface area contributed by atoms with E-state index < -0.39 is 26.8 Å². The first kappa shape index (κ1) is 37.3. The van der Waals surface area contributed by atoms with Crippen LogP contribution in [0.5, 0.6) is 5.75 Å². The first-order chi connectivity index (χ1) is 25.5. The summed E-state index contributed by atoms with van der Waals surface area (Å²) < 4.78 is 48.6. The molecule has 2 aliphatic carbocycles. The fraction of sp³-hybridized carbons (Fsp3) is 0.634. The molecule has 6 atom stereocenters. The summed E-state index contributed by atoms with van der Waals surface area (Å²) in [4.78, 5) is 21.2. The van der Waals surface area contributed by atoms with Crippen LogP contribution in [0, 0.1) is 17.8 Å². The predicted octanol–water partition coefficient (Wildman–Crippen LogP) is 5.29. The molecular formula is C41H55ClN4O6S. The quantitative estimate of drug-likeness (QED) is 0.417. The number of likely N-dealkylation sites (tertiary alicyclic amines) is 1. The summed E-state index contributed by atoms with van der Waals surface area (Å²) in [6.45, 7) is 12.0. The number of ether oxygens (including phenoxy) is 3. The molecule has 2 aromatic rings. The van der Waals surface area contributed by atoms with Crippen LogP contribution >= 0.6 is 11.6 Å². The Morgan fingerprint density at radius 1 is 1.06 bits per heavy atom. The Balaban J connectivity index is 1.16. The second-order valence-corrected chi connectivity index (χ2v) is 19.2. The summed E-state index contributed by atoms with van der Waals surface area (Å²) in [6.07, 6.45) is 10.1. The van der Waals surface area contributed by atoms with E-state index in [0.717, 1.165) is 102 Å². The maximum Gasteiger partial charge on any atom is 0.264 e. The maximum absolute atomic E-state index is 13.6. The van der Waals surface area contributed by atoms with Crippen LogP contribution in [0.25, 0.3) is 0 Å². The Bertz CT molecular complexity index is 1830. The van der Waals surface area contributed by atoms with E-state index in [2.05, 4.69) is 43.7 Å². The van der Waals surface area contributed by atoms with Gasteiger partial charge in [0.05, 0.1) is 30.8 Å². The Labute approximate surface area is 320 Å². The van der Waals surface area contributed by atoms with Crippen molar-refractivity contribution in [3.63, 3.8) is 0 Å². The third kappa shape index (κ3) is 7.15. The second-order valence-electron chi connectivity index (χ2n) is 16.7. The molecule has 1 amide bonds. The number of rotatable bonds is 4. The zero-order chi connectivity index (χ0) is 37.0. The number of sulfonamides is 1. The maximum atomic E-state index is 13.6. The third-order valence-electron chi connectivity index (χ3n) is 13.6. The van der Waals surface area contributed by atoms with Gasteiger partial charge in [-0.25, -0.2) is 13.1 Å². The number of nitrogens with one attached hydrogen (secondary N) is 1. The highest BCUT2D eigenvalue weighted by Gasteiger charge is 2.51. The van der Waals surface area contributed by atoms with Gasteiger partial charge in [-0.05, 0) is 105 Å². The molecule has 1 N–H and O–H groups in total. The van der Waals surface area contributed by atoms with Crippen molar-refractivity contribution in [1.29, 1.82) is 0 Å². The first-order valence-corrected chi connectivity index (χ1v) is 21.6. The zero-order valence-electron chi connectivity index (χ0n) is 31.4. The van der Waals surface area contributed by atoms with Crippen molar-refractivity contribution in [2.45, 2.75) is 74.7 Å². The van der Waals surface area contributed by atoms with Crippen molar-refractivity contribution < 1.29 is 27.4 Å². The van der Waals surface area contributed by atoms with E-state index in [0.29, 0.717) is 36.3 Å². The minimum atomic E-state index is -3.95. The molecule has 0 radical (unpaired) electrons. The number of benzene rings is 2. The summed E-state index contributed by atoms with van der Waals surface area (Å²) in [5, 5.41) is -0.0276. The molecule has 10 nitrogen and oxygen atoms in total. The monoisotopic (exact) mass is 766 g/mol. The number of carbonyl (C=O) groups excluding carboxylic acids is 1. The summed E-state index contributed by atoms with van der Waals surface area (Å²) >= 11 is 6.50. The summed E-state index contributed by atoms with van der Waals surface area (Å²) in [5.41, 5.74) is 2.91. The molecule has 3 fully saturated rings. The average Bonchev–Trinajstić information content (AvgIpc) is 3.27. The van der Waals surface area contributed by atoms with Crippen molar-refractivity contribution in [1.82, 2.24) is 14.5 Å². The molecular weight excluding hydrogens is 712 g/mol. The number of methoxy groups -OCH3 is 1. The number of amides is 1. The lowest BCUT2D eigenvalue weighted by atomic mass is 9.63. The molecule has 1 saturated carbocycles. The largest absolute Gasteiger partial charge is 0.490 e. The van der Waals surface area contributed by atoms with Gasteiger partial charge in [-0.1, -0.05) is 36.7 Å². The van der Waals surface area contributed by atoms with Gasteiger partial charge in [0.1, 0.15) is 11.4 Å². The van der Waals surface area contributed by atoms with E-state index in [4.69, 9.17) is 25.8 Å². The van der Waals surface area contributed by atoms with Gasteiger partial charge < -0.3 is 19.1 Å². The van der Waals surface area contributed by atoms with Crippen LogP contribution in [0.3, 0.4) is 0 Å². The fourth-order valence-corrected chi connectivity index (χ4v) is 11.5. The number of morpholine rings is 1. The molecule has 0 unspecified atom stereocenters. The SMILES string of the molecule is CO[C@@]1(CN2CC(N3CCOCC3)C2)/C=C\C[C@H](C)[C@@H](C)S(=O)(=O)NC(=O)c2ccc3c(c2)N(C[C@@H]2CC[C@H]21)C[C@@]1(CCCc2cc(Cl)ccc21)CO3. The molecule has 1 spiro atoms. The van der Waals surface area contributed by atoms with E-state index in [-0.39, 0.29) is 17.3 Å². The lowest BCUT2D eigenvalue weighted by Gasteiger charge is -2.54. The zero-order valence-corrected chi connectivity index (χ0v) is 33.0. The lowest BCUT2D eigenvalue weighted by Crippen LogP contribution is -2.66. The van der Waals surface area contributed by atoms with Gasteiger partial charge in [0.2, 0.25) is 10.0 Å². The van der Waals surface area contributed by atoms with E-state index in [1.165, 1.54) is 11.1 Å². The standard InChI is InChI=1S/C41H55ClN4O6S/c1-28-6-4-15-41(50-3,26-44-23-34(24-44)45-16-18-51-19-17-45)36-11-8-32(36)22-46-25-40(14-5-7-30-20-33(42)10-12-35(30)40)27-52-38-13-9-31(21-37(38)46)39(47)43-53(48,49)29(28)2/h4,9-10,12-13,15,20-21,28-29,32,34,36H,5-8,11,14,16-19,22-27H2,1-3H3,(H,43,47)/b15-4-/t28-,29+,32-,36+,40-,41+/m0/s1. The predicted molar refractivity (Wildman–Crippen MR) is 208 cm³/mol. The Kier molecular flexibility index (Phi) is 10.4. The number of anilines is 1. The molecule has 288 valence electrons. The van der Waals surface area contributed by atoms with Gasteiger partial charge in [-0.3, -0.25) is 14.6 Å². The van der Waals surface area contributed by atoms with Gasteiger partial charge in [0, 0.05) is 75.0 Å². The Morgan fingerprint density at radius 2 is 1.87 bits per heavy atom. The number of carbonyl (C=O) groups is 1. The number of aryl methyl sites for hydroxylation is 1. The highest BCUT2D eigenvalue weighted by Crippen LogP contribution is 2.49. The van der Waals surface area contributed by atoms with Crippen LogP contribution in [-0.2, 0) is 31.3 Å². The van der Waals surface area contributed by atoms with Crippen LogP contribution < -0.4 is 14.4 Å². The van der Waals surface area contributed by atoms with Crippen LogP contribution in [0.4, 0.5) is 5.69 Å². The Morgan fingerprint density at radius 3 is 2.62 bits per heavy atom. The van der Waals surface area contributed by atoms with Gasteiger partial charge in [-0.15, -0.1) is 0 Å². The molecule has 12 heteroatoms. The number of halogens is 1. The molecule has 2 saturated heterocycles. The van der Waals surface area contributed by atoms with E-state index in [9.17, 15) is 13.2 Å². The minimum absolute atomic E-state index is 0.216. The molecule has 4 aliphatic heterocycles. The van der Waals surface area contributed by atoms with Crippen LogP contribution in [-0.4, -0.2) is 114 Å². The van der Waals surface area contributed by atoms with Crippen molar-refractivity contribution in [3.05, 3.63) is 70.3 Å². The highest BCUT2D eigenvalue weighted by atomic mass is 35.5. The number of allylic oxidation sites excluding steroid dienone is 1. The van der Waals surface area contributed by atoms with Crippen molar-refractivity contribution in [3.8, 4) is 5.75 Å². The molecule has 0 aromatic heterocycles. The third-order valence-corrected chi connectivity index (χ3v) is 15.7. The van der Waals surface area contributed by atoms with E-state index >= 15 is 0 Å². The molecule has 4 heterocycles. The molecule has 2 aromatic carbocycles. The van der Waals surface area contributed by atoms with Gasteiger partial charge in [0.15, 0.2) is 0 Å². The lowest BCUT2D eigenvalue weighted by molar-refractivity contribution is -0.113.